The van der Waals surface area contributed by atoms with Crippen molar-refractivity contribution in [2.24, 2.45) is 0 Å². The van der Waals surface area contributed by atoms with Crippen LogP contribution < -0.4 is 4.74 Å². The Balaban J connectivity index is 2.47. The quantitative estimate of drug-likeness (QED) is 0.926. The van der Waals surface area contributed by atoms with Gasteiger partial charge in [-0.15, -0.1) is 0 Å². The molecule has 0 saturated carbocycles. The number of hydrogen-bond acceptors (Lipinski definition) is 3. The van der Waals surface area contributed by atoms with Crippen LogP contribution in [0, 0.1) is 20.8 Å². The monoisotopic (exact) mass is 280 g/mol. The number of halogens is 1. The van der Waals surface area contributed by atoms with E-state index in [1.54, 1.807) is 25.3 Å². The van der Waals surface area contributed by atoms with Gasteiger partial charge in [-0.3, -0.25) is 0 Å². The van der Waals surface area contributed by atoms with E-state index in [2.05, 4.69) is 0 Å². The van der Waals surface area contributed by atoms with Crippen LogP contribution in [-0.2, 0) is 0 Å². The summed E-state index contributed by atoms with van der Waals surface area (Å²) in [7, 11) is 1.58. The summed E-state index contributed by atoms with van der Waals surface area (Å²) in [6.07, 6.45) is -0.796. The zero-order valence-electron chi connectivity index (χ0n) is 11.5. The molecular formula is C15H17ClO3. The van der Waals surface area contributed by atoms with E-state index < -0.39 is 6.10 Å². The summed E-state index contributed by atoms with van der Waals surface area (Å²) in [4.78, 5) is 0. The molecule has 1 aromatic heterocycles. The summed E-state index contributed by atoms with van der Waals surface area (Å²) in [5, 5.41) is 11.0. The van der Waals surface area contributed by atoms with Gasteiger partial charge in [0, 0.05) is 11.1 Å². The highest BCUT2D eigenvalue weighted by atomic mass is 35.5. The summed E-state index contributed by atoms with van der Waals surface area (Å²) < 4.78 is 10.6. The SMILES string of the molecule is COc1ccc(C(O)c2c(C)oc(C)c2C)c(Cl)c1. The third-order valence-corrected chi connectivity index (χ3v) is 3.72. The molecule has 0 aliphatic heterocycles. The van der Waals surface area contributed by atoms with Gasteiger partial charge in [-0.1, -0.05) is 17.7 Å². The van der Waals surface area contributed by atoms with E-state index in [4.69, 9.17) is 20.8 Å². The summed E-state index contributed by atoms with van der Waals surface area (Å²) >= 11 is 6.19. The summed E-state index contributed by atoms with van der Waals surface area (Å²) in [5.41, 5.74) is 2.39. The summed E-state index contributed by atoms with van der Waals surface area (Å²) in [6.45, 7) is 5.66. The molecule has 1 N–H and O–H groups in total. The molecule has 2 aromatic rings. The smallest absolute Gasteiger partial charge is 0.120 e. The summed E-state index contributed by atoms with van der Waals surface area (Å²) in [5.74, 6) is 2.20. The van der Waals surface area contributed by atoms with Gasteiger partial charge in [0.1, 0.15) is 23.4 Å². The third kappa shape index (κ3) is 2.48. The molecule has 19 heavy (non-hydrogen) atoms. The molecule has 0 fully saturated rings. The Morgan fingerprint density at radius 1 is 1.21 bits per heavy atom. The lowest BCUT2D eigenvalue weighted by Gasteiger charge is -2.14. The second-order valence-corrected chi connectivity index (χ2v) is 4.95. The first kappa shape index (κ1) is 14.0. The molecule has 1 atom stereocenters. The average molecular weight is 281 g/mol. The van der Waals surface area contributed by atoms with Gasteiger partial charge in [-0.05, 0) is 38.5 Å². The maximum atomic E-state index is 10.5. The molecule has 0 radical (unpaired) electrons. The Morgan fingerprint density at radius 3 is 2.37 bits per heavy atom. The lowest BCUT2D eigenvalue weighted by molar-refractivity contribution is 0.217. The van der Waals surface area contributed by atoms with Crippen LogP contribution in [0.25, 0.3) is 0 Å². The third-order valence-electron chi connectivity index (χ3n) is 3.39. The highest BCUT2D eigenvalue weighted by Gasteiger charge is 2.22. The summed E-state index contributed by atoms with van der Waals surface area (Å²) in [6, 6.07) is 5.24. The molecule has 102 valence electrons. The zero-order chi connectivity index (χ0) is 14.2. The minimum absolute atomic E-state index is 0.476. The Hall–Kier alpha value is -1.45. The number of methoxy groups -OCH3 is 1. The maximum Gasteiger partial charge on any atom is 0.120 e. The largest absolute Gasteiger partial charge is 0.497 e. The number of hydrogen-bond donors (Lipinski definition) is 1. The molecule has 4 heteroatoms. The zero-order valence-corrected chi connectivity index (χ0v) is 12.2. The molecule has 0 bridgehead atoms. The Kier molecular flexibility index (Phi) is 3.88. The predicted molar refractivity (Wildman–Crippen MR) is 75.0 cm³/mol. The van der Waals surface area contributed by atoms with E-state index in [1.165, 1.54) is 0 Å². The Bertz CT molecular complexity index is 602. The number of ether oxygens (including phenoxy) is 1. The highest BCUT2D eigenvalue weighted by Crippen LogP contribution is 2.35. The molecule has 0 saturated heterocycles. The van der Waals surface area contributed by atoms with Crippen molar-refractivity contribution in [3.63, 3.8) is 0 Å². The van der Waals surface area contributed by atoms with E-state index in [-0.39, 0.29) is 0 Å². The van der Waals surface area contributed by atoms with Crippen LogP contribution in [0.3, 0.4) is 0 Å². The number of rotatable bonds is 3. The fraction of sp³-hybridized carbons (Fsp3) is 0.333. The van der Waals surface area contributed by atoms with Crippen molar-refractivity contribution in [1.29, 1.82) is 0 Å². The first-order valence-electron chi connectivity index (χ1n) is 6.03. The first-order valence-corrected chi connectivity index (χ1v) is 6.41. The van der Waals surface area contributed by atoms with Crippen LogP contribution in [0.15, 0.2) is 22.6 Å². The second-order valence-electron chi connectivity index (χ2n) is 4.54. The molecule has 1 aromatic carbocycles. The first-order chi connectivity index (χ1) is 8.95. The molecule has 2 rings (SSSR count). The maximum absolute atomic E-state index is 10.5. The van der Waals surface area contributed by atoms with Crippen LogP contribution in [-0.4, -0.2) is 12.2 Å². The van der Waals surface area contributed by atoms with Gasteiger partial charge in [0.25, 0.3) is 0 Å². The van der Waals surface area contributed by atoms with Crippen molar-refractivity contribution in [2.45, 2.75) is 26.9 Å². The van der Waals surface area contributed by atoms with E-state index in [0.717, 1.165) is 22.6 Å². The molecule has 3 nitrogen and oxygen atoms in total. The van der Waals surface area contributed by atoms with Gasteiger partial charge in [0.05, 0.1) is 12.1 Å². The normalized spacial score (nSPS) is 12.5. The van der Waals surface area contributed by atoms with Gasteiger partial charge < -0.3 is 14.3 Å². The van der Waals surface area contributed by atoms with Gasteiger partial charge in [0.2, 0.25) is 0 Å². The number of benzene rings is 1. The Labute approximate surface area is 117 Å². The topological polar surface area (TPSA) is 42.6 Å². The minimum Gasteiger partial charge on any atom is -0.497 e. The van der Waals surface area contributed by atoms with Crippen molar-refractivity contribution >= 4 is 11.6 Å². The average Bonchev–Trinajstić information content (AvgIpc) is 2.62. The molecule has 0 aliphatic carbocycles. The van der Waals surface area contributed by atoms with Crippen LogP contribution >= 0.6 is 11.6 Å². The van der Waals surface area contributed by atoms with Crippen molar-refractivity contribution < 1.29 is 14.3 Å². The van der Waals surface area contributed by atoms with E-state index in [0.29, 0.717) is 16.3 Å². The van der Waals surface area contributed by atoms with Gasteiger partial charge in [-0.2, -0.15) is 0 Å². The highest BCUT2D eigenvalue weighted by molar-refractivity contribution is 6.31. The van der Waals surface area contributed by atoms with E-state index >= 15 is 0 Å². The van der Waals surface area contributed by atoms with Crippen molar-refractivity contribution in [2.75, 3.05) is 7.11 Å². The van der Waals surface area contributed by atoms with E-state index in [9.17, 15) is 5.11 Å². The molecule has 0 spiro atoms. The molecule has 1 unspecified atom stereocenters. The fourth-order valence-electron chi connectivity index (χ4n) is 2.22. The van der Waals surface area contributed by atoms with Crippen LogP contribution in [0.2, 0.25) is 5.02 Å². The lowest BCUT2D eigenvalue weighted by Crippen LogP contribution is -2.03. The van der Waals surface area contributed by atoms with Crippen molar-refractivity contribution in [3.8, 4) is 5.75 Å². The predicted octanol–water partition coefficient (Wildman–Crippen LogP) is 3.95. The molecule has 1 heterocycles. The number of aliphatic hydroxyl groups is 1. The minimum atomic E-state index is -0.796. The number of aliphatic hydroxyl groups excluding tert-OH is 1. The van der Waals surface area contributed by atoms with Crippen molar-refractivity contribution in [3.05, 3.63) is 51.4 Å². The van der Waals surface area contributed by atoms with E-state index in [1.807, 2.05) is 20.8 Å². The number of aryl methyl sites for hydroxylation is 2. The standard InChI is InChI=1S/C15H17ClO3/c1-8-9(2)19-10(3)14(8)15(17)12-6-5-11(18-4)7-13(12)16/h5-7,15,17H,1-4H3. The van der Waals surface area contributed by atoms with Crippen molar-refractivity contribution in [1.82, 2.24) is 0 Å². The van der Waals surface area contributed by atoms with Crippen LogP contribution in [0.5, 0.6) is 5.75 Å². The second kappa shape index (κ2) is 5.27. The Morgan fingerprint density at radius 2 is 1.89 bits per heavy atom. The fourth-order valence-corrected chi connectivity index (χ4v) is 2.50. The lowest BCUT2D eigenvalue weighted by atomic mass is 9.98. The molecule has 0 amide bonds. The van der Waals surface area contributed by atoms with Gasteiger partial charge in [-0.25, -0.2) is 0 Å². The van der Waals surface area contributed by atoms with Gasteiger partial charge >= 0.3 is 0 Å². The van der Waals surface area contributed by atoms with Crippen LogP contribution in [0.1, 0.15) is 34.3 Å². The van der Waals surface area contributed by atoms with Gasteiger partial charge in [0.15, 0.2) is 0 Å². The molecular weight excluding hydrogens is 264 g/mol. The number of furan rings is 1. The molecule has 0 aliphatic rings. The van der Waals surface area contributed by atoms with Crippen LogP contribution in [0.4, 0.5) is 0 Å².